The van der Waals surface area contributed by atoms with Gasteiger partial charge in [-0.3, -0.25) is 4.79 Å². The summed E-state index contributed by atoms with van der Waals surface area (Å²) in [5.74, 6) is -1.24. The van der Waals surface area contributed by atoms with Gasteiger partial charge in [-0.25, -0.2) is 4.79 Å². The smallest absolute Gasteiger partial charge is 0.317 e. The zero-order chi connectivity index (χ0) is 9.84. The SMILES string of the molecule is Cc1ccccc1NC(=O)C(=O)F. The molecule has 0 unspecified atom stereocenters. The fraction of sp³-hybridized carbons (Fsp3) is 0.111. The standard InChI is InChI=1S/C9H8FNO2/c1-6-4-2-3-5-7(6)11-9(13)8(10)12/h2-5H,1H3,(H,11,13). The van der Waals surface area contributed by atoms with Crippen LogP contribution in [-0.2, 0) is 9.59 Å². The Morgan fingerprint density at radius 3 is 2.46 bits per heavy atom. The van der Waals surface area contributed by atoms with Crippen molar-refractivity contribution < 1.29 is 14.0 Å². The van der Waals surface area contributed by atoms with Gasteiger partial charge in [0.05, 0.1) is 0 Å². The van der Waals surface area contributed by atoms with Gasteiger partial charge in [-0.1, -0.05) is 18.2 Å². The van der Waals surface area contributed by atoms with Crippen molar-refractivity contribution in [3.05, 3.63) is 29.8 Å². The van der Waals surface area contributed by atoms with E-state index in [1.165, 1.54) is 0 Å². The third kappa shape index (κ3) is 2.37. The van der Waals surface area contributed by atoms with Gasteiger partial charge < -0.3 is 5.32 Å². The Balaban J connectivity index is 2.81. The summed E-state index contributed by atoms with van der Waals surface area (Å²) in [6, 6.07) is 4.82. The van der Waals surface area contributed by atoms with E-state index < -0.39 is 11.9 Å². The van der Waals surface area contributed by atoms with Crippen molar-refractivity contribution in [2.24, 2.45) is 0 Å². The van der Waals surface area contributed by atoms with Crippen molar-refractivity contribution in [3.63, 3.8) is 0 Å². The highest BCUT2D eigenvalue weighted by molar-refractivity contribution is 6.36. The minimum absolute atomic E-state index is 0.443. The average Bonchev–Trinajstić information content (AvgIpc) is 2.08. The monoisotopic (exact) mass is 181 g/mol. The van der Waals surface area contributed by atoms with E-state index in [9.17, 15) is 14.0 Å². The van der Waals surface area contributed by atoms with Crippen LogP contribution < -0.4 is 5.32 Å². The van der Waals surface area contributed by atoms with Crippen LogP contribution in [0.1, 0.15) is 5.56 Å². The van der Waals surface area contributed by atoms with E-state index in [2.05, 4.69) is 5.32 Å². The summed E-state index contributed by atoms with van der Waals surface area (Å²) in [6.45, 7) is 1.75. The third-order valence-corrected chi connectivity index (χ3v) is 1.57. The first-order chi connectivity index (χ1) is 6.11. The summed E-state index contributed by atoms with van der Waals surface area (Å²) < 4.78 is 11.9. The van der Waals surface area contributed by atoms with Gasteiger partial charge in [-0.15, -0.1) is 0 Å². The van der Waals surface area contributed by atoms with Gasteiger partial charge in [-0.2, -0.15) is 4.39 Å². The molecule has 13 heavy (non-hydrogen) atoms. The van der Waals surface area contributed by atoms with Gasteiger partial charge in [0, 0.05) is 5.69 Å². The molecule has 3 nitrogen and oxygen atoms in total. The first-order valence-corrected chi connectivity index (χ1v) is 3.67. The predicted molar refractivity (Wildman–Crippen MR) is 45.9 cm³/mol. The van der Waals surface area contributed by atoms with E-state index in [0.29, 0.717) is 5.69 Å². The molecular formula is C9H8FNO2. The maximum atomic E-state index is 11.9. The number of hydrogen-bond donors (Lipinski definition) is 1. The van der Waals surface area contributed by atoms with E-state index in [1.807, 2.05) is 0 Å². The molecule has 0 spiro atoms. The van der Waals surface area contributed by atoms with Gasteiger partial charge >= 0.3 is 11.9 Å². The van der Waals surface area contributed by atoms with Crippen molar-refractivity contribution in [3.8, 4) is 0 Å². The zero-order valence-electron chi connectivity index (χ0n) is 7.00. The van der Waals surface area contributed by atoms with Crippen LogP contribution in [0.4, 0.5) is 10.1 Å². The highest BCUT2D eigenvalue weighted by Crippen LogP contribution is 2.12. The van der Waals surface area contributed by atoms with E-state index >= 15 is 0 Å². The average molecular weight is 181 g/mol. The minimum Gasteiger partial charge on any atom is -0.317 e. The van der Waals surface area contributed by atoms with Gasteiger partial charge in [-0.05, 0) is 18.6 Å². The summed E-state index contributed by atoms with van der Waals surface area (Å²) in [5.41, 5.74) is 1.22. The lowest BCUT2D eigenvalue weighted by atomic mass is 10.2. The molecule has 1 rings (SSSR count). The lowest BCUT2D eigenvalue weighted by Gasteiger charge is -2.03. The summed E-state index contributed by atoms with van der Waals surface area (Å²) >= 11 is 0. The summed E-state index contributed by atoms with van der Waals surface area (Å²) in [5, 5.41) is 2.15. The normalized spacial score (nSPS) is 9.38. The van der Waals surface area contributed by atoms with Crippen LogP contribution in [0.5, 0.6) is 0 Å². The second kappa shape index (κ2) is 3.80. The molecule has 1 aromatic rings. The van der Waals surface area contributed by atoms with E-state index in [-0.39, 0.29) is 0 Å². The van der Waals surface area contributed by atoms with Gasteiger partial charge in [0.2, 0.25) is 0 Å². The molecule has 0 bridgehead atoms. The van der Waals surface area contributed by atoms with Gasteiger partial charge in [0.25, 0.3) is 0 Å². The Labute approximate surface area is 74.6 Å². The number of hydrogen-bond acceptors (Lipinski definition) is 2. The zero-order valence-corrected chi connectivity index (χ0v) is 7.00. The maximum absolute atomic E-state index is 11.9. The minimum atomic E-state index is -1.98. The third-order valence-electron chi connectivity index (χ3n) is 1.57. The Hall–Kier alpha value is -1.71. The number of amides is 1. The molecule has 0 radical (unpaired) electrons. The molecule has 0 aromatic heterocycles. The molecule has 0 fully saturated rings. The number of anilines is 1. The molecule has 0 aliphatic heterocycles. The Morgan fingerprint density at radius 1 is 1.31 bits per heavy atom. The van der Waals surface area contributed by atoms with Crippen molar-refractivity contribution in [1.82, 2.24) is 0 Å². The van der Waals surface area contributed by atoms with Crippen molar-refractivity contribution >= 4 is 17.6 Å². The van der Waals surface area contributed by atoms with E-state index in [4.69, 9.17) is 0 Å². The molecule has 0 heterocycles. The molecule has 0 aliphatic rings. The fourth-order valence-electron chi connectivity index (χ4n) is 0.885. The quantitative estimate of drug-likeness (QED) is 0.554. The lowest BCUT2D eigenvalue weighted by molar-refractivity contribution is -0.141. The molecule has 0 atom stereocenters. The maximum Gasteiger partial charge on any atom is 0.389 e. The number of nitrogens with one attached hydrogen (secondary N) is 1. The second-order valence-corrected chi connectivity index (χ2v) is 2.54. The molecule has 0 saturated carbocycles. The number of benzene rings is 1. The summed E-state index contributed by atoms with van der Waals surface area (Å²) in [6.07, 6.45) is 0. The van der Waals surface area contributed by atoms with Crippen LogP contribution in [0.3, 0.4) is 0 Å². The first kappa shape index (κ1) is 9.38. The number of carbonyl (C=O) groups excluding carboxylic acids is 2. The van der Waals surface area contributed by atoms with Crippen molar-refractivity contribution in [2.75, 3.05) is 5.32 Å². The highest BCUT2D eigenvalue weighted by atomic mass is 19.1. The Bertz CT molecular complexity index is 349. The van der Waals surface area contributed by atoms with Crippen molar-refractivity contribution in [2.45, 2.75) is 6.92 Å². The molecule has 4 heteroatoms. The molecule has 1 amide bonds. The predicted octanol–water partition coefficient (Wildman–Crippen LogP) is 1.43. The largest absolute Gasteiger partial charge is 0.389 e. The topological polar surface area (TPSA) is 46.2 Å². The highest BCUT2D eigenvalue weighted by Gasteiger charge is 2.12. The molecular weight excluding hydrogens is 173 g/mol. The molecule has 1 N–H and O–H groups in total. The molecule has 1 aromatic carbocycles. The van der Waals surface area contributed by atoms with Crippen molar-refractivity contribution in [1.29, 1.82) is 0 Å². The lowest BCUT2D eigenvalue weighted by Crippen LogP contribution is -2.19. The fourth-order valence-corrected chi connectivity index (χ4v) is 0.885. The number of aryl methyl sites for hydroxylation is 1. The number of halogens is 1. The second-order valence-electron chi connectivity index (χ2n) is 2.54. The summed E-state index contributed by atoms with van der Waals surface area (Å²) in [7, 11) is 0. The molecule has 0 aliphatic carbocycles. The van der Waals surface area contributed by atoms with Crippen LogP contribution in [0.25, 0.3) is 0 Å². The number of carbonyl (C=O) groups is 2. The first-order valence-electron chi connectivity index (χ1n) is 3.67. The van der Waals surface area contributed by atoms with Crippen LogP contribution in [0.15, 0.2) is 24.3 Å². The number of para-hydroxylation sites is 1. The van der Waals surface area contributed by atoms with Crippen LogP contribution in [-0.4, -0.2) is 11.9 Å². The van der Waals surface area contributed by atoms with Crippen LogP contribution in [0.2, 0.25) is 0 Å². The van der Waals surface area contributed by atoms with E-state index in [0.717, 1.165) is 5.56 Å². The van der Waals surface area contributed by atoms with Crippen LogP contribution in [0, 0.1) is 6.92 Å². The Morgan fingerprint density at radius 2 is 1.92 bits per heavy atom. The number of rotatable bonds is 2. The van der Waals surface area contributed by atoms with E-state index in [1.54, 1.807) is 31.2 Å². The molecule has 0 saturated heterocycles. The Kier molecular flexibility index (Phi) is 2.74. The van der Waals surface area contributed by atoms with Gasteiger partial charge in [0.15, 0.2) is 0 Å². The summed E-state index contributed by atoms with van der Waals surface area (Å²) in [4.78, 5) is 20.6. The van der Waals surface area contributed by atoms with Crippen LogP contribution >= 0.6 is 0 Å². The molecule has 68 valence electrons. The van der Waals surface area contributed by atoms with Gasteiger partial charge in [0.1, 0.15) is 0 Å².